The van der Waals surface area contributed by atoms with E-state index in [4.69, 9.17) is 4.74 Å². The maximum Gasteiger partial charge on any atom is 0.230 e. The first kappa shape index (κ1) is 15.0. The van der Waals surface area contributed by atoms with Gasteiger partial charge in [0.15, 0.2) is 0 Å². The van der Waals surface area contributed by atoms with Crippen LogP contribution in [0.1, 0.15) is 32.1 Å². The number of aromatic nitrogens is 1. The van der Waals surface area contributed by atoms with Gasteiger partial charge in [0, 0.05) is 18.7 Å². The van der Waals surface area contributed by atoms with Crippen LogP contribution in [-0.4, -0.2) is 24.1 Å². The summed E-state index contributed by atoms with van der Waals surface area (Å²) < 4.78 is 5.55. The minimum atomic E-state index is -0.0773. The van der Waals surface area contributed by atoms with Gasteiger partial charge in [-0.15, -0.1) is 0 Å². The van der Waals surface area contributed by atoms with Crippen molar-refractivity contribution in [2.24, 2.45) is 5.92 Å². The van der Waals surface area contributed by atoms with E-state index in [1.54, 1.807) is 13.3 Å². The molecule has 0 aliphatic heterocycles. The number of fused-ring (bicyclic) bond motifs is 1. The molecule has 2 unspecified atom stereocenters. The highest BCUT2D eigenvalue weighted by Crippen LogP contribution is 2.28. The van der Waals surface area contributed by atoms with Gasteiger partial charge in [-0.05, 0) is 25.0 Å². The zero-order chi connectivity index (χ0) is 15.4. The van der Waals surface area contributed by atoms with Crippen molar-refractivity contribution in [1.82, 2.24) is 4.98 Å². The predicted octanol–water partition coefficient (Wildman–Crippen LogP) is 3.77. The summed E-state index contributed by atoms with van der Waals surface area (Å²) in [5.41, 5.74) is 1.61. The minimum Gasteiger partial charge on any atom is -0.381 e. The second kappa shape index (κ2) is 6.88. The van der Waals surface area contributed by atoms with Gasteiger partial charge in [-0.3, -0.25) is 9.78 Å². The van der Waals surface area contributed by atoms with E-state index in [1.807, 2.05) is 30.3 Å². The second-order valence-electron chi connectivity index (χ2n) is 5.89. The lowest BCUT2D eigenvalue weighted by molar-refractivity contribution is -0.124. The van der Waals surface area contributed by atoms with E-state index in [1.165, 1.54) is 6.42 Å². The van der Waals surface area contributed by atoms with Crippen LogP contribution in [0, 0.1) is 5.92 Å². The Bertz CT molecular complexity index is 651. The fraction of sp³-hybridized carbons (Fsp3) is 0.444. The number of para-hydroxylation sites is 1. The Hall–Kier alpha value is -1.94. The van der Waals surface area contributed by atoms with Crippen molar-refractivity contribution in [3.8, 4) is 0 Å². The van der Waals surface area contributed by atoms with E-state index >= 15 is 0 Å². The Morgan fingerprint density at radius 1 is 1.18 bits per heavy atom. The lowest BCUT2D eigenvalue weighted by atomic mass is 9.96. The predicted molar refractivity (Wildman–Crippen MR) is 87.7 cm³/mol. The number of carbonyl (C=O) groups excluding carboxylic acids is 1. The van der Waals surface area contributed by atoms with Crippen LogP contribution in [-0.2, 0) is 9.53 Å². The number of nitrogens with zero attached hydrogens (tertiary/aromatic N) is 1. The highest BCUT2D eigenvalue weighted by molar-refractivity contribution is 6.01. The van der Waals surface area contributed by atoms with Crippen molar-refractivity contribution >= 4 is 22.5 Å². The number of amides is 1. The SMILES string of the molecule is COC1CCCCCC1C(=O)Nc1cccc2cccnc12. The molecule has 0 spiro atoms. The first-order valence-electron chi connectivity index (χ1n) is 7.97. The van der Waals surface area contributed by atoms with Gasteiger partial charge in [0.1, 0.15) is 0 Å². The molecule has 1 amide bonds. The van der Waals surface area contributed by atoms with E-state index in [2.05, 4.69) is 10.3 Å². The van der Waals surface area contributed by atoms with Crippen LogP contribution >= 0.6 is 0 Å². The molecule has 4 heteroatoms. The Kier molecular flexibility index (Phi) is 4.68. The smallest absolute Gasteiger partial charge is 0.230 e. The van der Waals surface area contributed by atoms with E-state index in [0.717, 1.165) is 42.3 Å². The molecular formula is C18H22N2O2. The Labute approximate surface area is 130 Å². The number of benzene rings is 1. The highest BCUT2D eigenvalue weighted by atomic mass is 16.5. The first-order chi connectivity index (χ1) is 10.8. The summed E-state index contributed by atoms with van der Waals surface area (Å²) in [5, 5.41) is 4.10. The lowest BCUT2D eigenvalue weighted by Gasteiger charge is -2.23. The molecule has 3 rings (SSSR count). The Morgan fingerprint density at radius 2 is 2.00 bits per heavy atom. The van der Waals surface area contributed by atoms with Crippen molar-refractivity contribution in [2.75, 3.05) is 12.4 Å². The van der Waals surface area contributed by atoms with Gasteiger partial charge >= 0.3 is 0 Å². The van der Waals surface area contributed by atoms with Crippen LogP contribution < -0.4 is 5.32 Å². The number of hydrogen-bond acceptors (Lipinski definition) is 3. The molecule has 2 atom stereocenters. The van der Waals surface area contributed by atoms with Gasteiger partial charge in [-0.1, -0.05) is 37.5 Å². The molecule has 0 radical (unpaired) electrons. The van der Waals surface area contributed by atoms with Crippen LogP contribution in [0.2, 0.25) is 0 Å². The number of hydrogen-bond donors (Lipinski definition) is 1. The highest BCUT2D eigenvalue weighted by Gasteiger charge is 2.29. The summed E-state index contributed by atoms with van der Waals surface area (Å²) in [5.74, 6) is -0.0293. The van der Waals surface area contributed by atoms with Crippen LogP contribution in [0.15, 0.2) is 36.5 Å². The maximum atomic E-state index is 12.7. The molecule has 0 saturated heterocycles. The third-order valence-corrected chi connectivity index (χ3v) is 4.48. The molecule has 1 aliphatic rings. The van der Waals surface area contributed by atoms with Crippen molar-refractivity contribution in [2.45, 2.75) is 38.2 Å². The van der Waals surface area contributed by atoms with Crippen LogP contribution in [0.25, 0.3) is 10.9 Å². The maximum absolute atomic E-state index is 12.7. The number of pyridine rings is 1. The van der Waals surface area contributed by atoms with Gasteiger partial charge in [0.2, 0.25) is 5.91 Å². The molecule has 1 N–H and O–H groups in total. The van der Waals surface area contributed by atoms with Gasteiger partial charge in [0.05, 0.1) is 23.2 Å². The summed E-state index contributed by atoms with van der Waals surface area (Å²) in [4.78, 5) is 17.1. The topological polar surface area (TPSA) is 51.2 Å². The van der Waals surface area contributed by atoms with Gasteiger partial charge in [0.25, 0.3) is 0 Å². The summed E-state index contributed by atoms with van der Waals surface area (Å²) in [6.07, 6.45) is 7.03. The summed E-state index contributed by atoms with van der Waals surface area (Å²) in [6.45, 7) is 0. The van der Waals surface area contributed by atoms with E-state index in [9.17, 15) is 4.79 Å². The number of ether oxygens (including phenoxy) is 1. The summed E-state index contributed by atoms with van der Waals surface area (Å²) in [7, 11) is 1.70. The van der Waals surface area contributed by atoms with Crippen LogP contribution in [0.5, 0.6) is 0 Å². The molecular weight excluding hydrogens is 276 g/mol. The van der Waals surface area contributed by atoms with Crippen LogP contribution in [0.4, 0.5) is 5.69 Å². The van der Waals surface area contributed by atoms with Gasteiger partial charge < -0.3 is 10.1 Å². The molecule has 1 aromatic carbocycles. The molecule has 116 valence electrons. The van der Waals surface area contributed by atoms with E-state index in [-0.39, 0.29) is 17.9 Å². The van der Waals surface area contributed by atoms with E-state index < -0.39 is 0 Å². The van der Waals surface area contributed by atoms with E-state index in [0.29, 0.717) is 0 Å². The fourth-order valence-corrected chi connectivity index (χ4v) is 3.29. The van der Waals surface area contributed by atoms with Crippen molar-refractivity contribution < 1.29 is 9.53 Å². The zero-order valence-corrected chi connectivity index (χ0v) is 12.9. The average molecular weight is 298 g/mol. The van der Waals surface area contributed by atoms with Crippen molar-refractivity contribution in [3.63, 3.8) is 0 Å². The molecule has 0 bridgehead atoms. The average Bonchev–Trinajstić information content (AvgIpc) is 2.80. The molecule has 1 saturated carbocycles. The largest absolute Gasteiger partial charge is 0.381 e. The summed E-state index contributed by atoms with van der Waals surface area (Å²) in [6, 6.07) is 9.76. The molecule has 22 heavy (non-hydrogen) atoms. The van der Waals surface area contributed by atoms with Crippen LogP contribution in [0.3, 0.4) is 0 Å². The second-order valence-corrected chi connectivity index (χ2v) is 5.89. The molecule has 1 heterocycles. The molecule has 1 fully saturated rings. The molecule has 1 aliphatic carbocycles. The van der Waals surface area contributed by atoms with Crippen molar-refractivity contribution in [3.05, 3.63) is 36.5 Å². The normalized spacial score (nSPS) is 22.2. The van der Waals surface area contributed by atoms with Gasteiger partial charge in [-0.2, -0.15) is 0 Å². The molecule has 2 aromatic rings. The zero-order valence-electron chi connectivity index (χ0n) is 12.9. The number of rotatable bonds is 3. The Balaban J connectivity index is 1.83. The molecule has 1 aromatic heterocycles. The molecule has 4 nitrogen and oxygen atoms in total. The fourth-order valence-electron chi connectivity index (χ4n) is 3.29. The Morgan fingerprint density at radius 3 is 2.86 bits per heavy atom. The summed E-state index contributed by atoms with van der Waals surface area (Å²) >= 11 is 0. The number of nitrogens with one attached hydrogen (secondary N) is 1. The number of anilines is 1. The lowest BCUT2D eigenvalue weighted by Crippen LogP contribution is -2.33. The third kappa shape index (κ3) is 3.12. The van der Waals surface area contributed by atoms with Crippen molar-refractivity contribution in [1.29, 1.82) is 0 Å². The third-order valence-electron chi connectivity index (χ3n) is 4.48. The minimum absolute atomic E-state index is 0.0189. The number of carbonyl (C=O) groups is 1. The standard InChI is InChI=1S/C18H22N2O2/c1-22-16-11-4-2-3-9-14(16)18(21)20-15-10-5-7-13-8-6-12-19-17(13)15/h5-8,10,12,14,16H,2-4,9,11H2,1H3,(H,20,21). The number of methoxy groups -OCH3 is 1. The monoisotopic (exact) mass is 298 g/mol. The first-order valence-corrected chi connectivity index (χ1v) is 7.97. The quantitative estimate of drug-likeness (QED) is 0.878. The van der Waals surface area contributed by atoms with Gasteiger partial charge in [-0.25, -0.2) is 0 Å².